The molecule has 0 spiro atoms. The van der Waals surface area contributed by atoms with Crippen molar-refractivity contribution in [3.63, 3.8) is 0 Å². The van der Waals surface area contributed by atoms with E-state index in [1.54, 1.807) is 24.3 Å². The summed E-state index contributed by atoms with van der Waals surface area (Å²) >= 11 is 0. The predicted octanol–water partition coefficient (Wildman–Crippen LogP) is 0.272. The van der Waals surface area contributed by atoms with E-state index in [-0.39, 0.29) is 17.8 Å². The van der Waals surface area contributed by atoms with Crippen LogP contribution in [0.5, 0.6) is 0 Å². The van der Waals surface area contributed by atoms with Crippen molar-refractivity contribution in [1.82, 2.24) is 4.90 Å². The largest absolute Gasteiger partial charge is 0.872 e. The second kappa shape index (κ2) is 8.46. The number of hydrogen-bond donors (Lipinski definition) is 1. The van der Waals surface area contributed by atoms with Gasteiger partial charge in [0.25, 0.3) is 11.6 Å². The molecule has 1 aliphatic heterocycles. The molecule has 0 aromatic heterocycles. The lowest BCUT2D eigenvalue weighted by Gasteiger charge is -2.27. The molecule has 1 aliphatic rings. The molecule has 0 radical (unpaired) electrons. The molecule has 1 saturated heterocycles. The number of aryl methyl sites for hydroxylation is 1. The molecule has 8 heteroatoms. The third-order valence-corrected chi connectivity index (χ3v) is 5.12. The predicted molar refractivity (Wildman–Crippen MR) is 108 cm³/mol. The van der Waals surface area contributed by atoms with Gasteiger partial charge in [0.2, 0.25) is 5.78 Å². The number of quaternary nitrogens is 1. The fourth-order valence-corrected chi connectivity index (χ4v) is 3.43. The van der Waals surface area contributed by atoms with Crippen molar-refractivity contribution in [2.75, 3.05) is 27.2 Å². The molecule has 0 aliphatic carbocycles. The average molecular weight is 409 g/mol. The minimum atomic E-state index is -0.876. The van der Waals surface area contributed by atoms with Crippen LogP contribution in [0.1, 0.15) is 22.7 Å². The van der Waals surface area contributed by atoms with Crippen LogP contribution in [0, 0.1) is 17.0 Å². The summed E-state index contributed by atoms with van der Waals surface area (Å²) in [5.74, 6) is -2.05. The summed E-state index contributed by atoms with van der Waals surface area (Å²) in [6.07, 6.45) is 0. The van der Waals surface area contributed by atoms with Gasteiger partial charge in [0.15, 0.2) is 0 Å². The topological polar surface area (TPSA) is 108 Å². The Balaban J connectivity index is 2.13. The van der Waals surface area contributed by atoms with Crippen molar-refractivity contribution in [1.29, 1.82) is 0 Å². The molecule has 1 atom stereocenters. The molecule has 2 aromatic rings. The Morgan fingerprint density at radius 1 is 1.07 bits per heavy atom. The summed E-state index contributed by atoms with van der Waals surface area (Å²) in [6, 6.07) is 11.5. The fraction of sp³-hybridized carbons (Fsp3) is 0.273. The Hall–Kier alpha value is -3.52. The third kappa shape index (κ3) is 4.08. The smallest absolute Gasteiger partial charge is 0.295 e. The molecule has 0 bridgehead atoms. The normalized spacial score (nSPS) is 18.3. The second-order valence-corrected chi connectivity index (χ2v) is 7.64. The van der Waals surface area contributed by atoms with Gasteiger partial charge in [-0.25, -0.2) is 0 Å². The Morgan fingerprint density at radius 2 is 1.67 bits per heavy atom. The second-order valence-electron chi connectivity index (χ2n) is 7.64. The van der Waals surface area contributed by atoms with E-state index in [0.717, 1.165) is 10.5 Å². The van der Waals surface area contributed by atoms with E-state index in [0.29, 0.717) is 17.7 Å². The summed E-state index contributed by atoms with van der Waals surface area (Å²) in [7, 11) is 3.84. The van der Waals surface area contributed by atoms with Crippen molar-refractivity contribution in [2.45, 2.75) is 13.0 Å². The van der Waals surface area contributed by atoms with Gasteiger partial charge in [-0.3, -0.25) is 19.7 Å². The van der Waals surface area contributed by atoms with Gasteiger partial charge in [-0.2, -0.15) is 0 Å². The number of benzene rings is 2. The Bertz CT molecular complexity index is 1010. The van der Waals surface area contributed by atoms with E-state index in [1.807, 2.05) is 21.0 Å². The number of nitrogens with zero attached hydrogens (tertiary/aromatic N) is 2. The molecule has 1 heterocycles. The highest BCUT2D eigenvalue weighted by molar-refractivity contribution is 6.46. The first-order valence-corrected chi connectivity index (χ1v) is 9.57. The van der Waals surface area contributed by atoms with Gasteiger partial charge in [0, 0.05) is 17.7 Å². The summed E-state index contributed by atoms with van der Waals surface area (Å²) in [4.78, 5) is 38.5. The first-order valence-electron chi connectivity index (χ1n) is 9.57. The fourth-order valence-electron chi connectivity index (χ4n) is 3.43. The van der Waals surface area contributed by atoms with E-state index in [9.17, 15) is 24.8 Å². The number of hydrogen-bond acceptors (Lipinski definition) is 5. The maximum atomic E-state index is 13.2. The number of carbonyl (C=O) groups is 2. The Kier molecular flexibility index (Phi) is 5.98. The number of carbonyl (C=O) groups excluding carboxylic acids is 2. The number of likely N-dealkylation sites (tertiary alicyclic amines) is 1. The number of nitrogens with one attached hydrogen (secondary N) is 1. The molecule has 3 rings (SSSR count). The Morgan fingerprint density at radius 3 is 2.20 bits per heavy atom. The first-order chi connectivity index (χ1) is 14.2. The molecule has 30 heavy (non-hydrogen) atoms. The van der Waals surface area contributed by atoms with Gasteiger partial charge in [-0.15, -0.1) is 0 Å². The highest BCUT2D eigenvalue weighted by Gasteiger charge is 2.44. The van der Waals surface area contributed by atoms with Crippen molar-refractivity contribution in [3.8, 4) is 0 Å². The maximum absolute atomic E-state index is 13.2. The number of likely N-dealkylation sites (N-methyl/N-ethyl adjacent to an activating group) is 1. The van der Waals surface area contributed by atoms with Gasteiger partial charge in [0.05, 0.1) is 38.2 Å². The van der Waals surface area contributed by atoms with Crippen LogP contribution in [0.2, 0.25) is 0 Å². The minimum Gasteiger partial charge on any atom is -0.872 e. The van der Waals surface area contributed by atoms with E-state index in [2.05, 4.69) is 0 Å². The standard InChI is InChI=1S/C22H23N3O5/c1-14-4-6-16(7-5-14)20(26)18-19(15-8-10-17(11-9-15)25(29)30)24(13-12-23(2)3)22(28)21(18)27/h4-11,19,26H,12-13H2,1-3H3. The van der Waals surface area contributed by atoms with E-state index < -0.39 is 28.4 Å². The highest BCUT2D eigenvalue weighted by atomic mass is 16.6. The van der Waals surface area contributed by atoms with Gasteiger partial charge in [-0.1, -0.05) is 35.6 Å². The van der Waals surface area contributed by atoms with Crippen LogP contribution in [0.3, 0.4) is 0 Å². The number of Topliss-reactive ketones (excluding diaryl/α,β-unsaturated/α-hetero) is 1. The van der Waals surface area contributed by atoms with Gasteiger partial charge in [-0.05, 0) is 30.2 Å². The zero-order chi connectivity index (χ0) is 22.0. The SMILES string of the molecule is Cc1ccc(C([O-])=C2C(=O)C(=O)N(CC[NH+](C)C)C2c2ccc([N+](=O)[O-])cc2)cc1. The molecule has 8 nitrogen and oxygen atoms in total. The molecular formula is C22H23N3O5. The number of non-ortho nitro benzene ring substituents is 1. The minimum absolute atomic E-state index is 0.106. The molecule has 1 amide bonds. The quantitative estimate of drug-likeness (QED) is 0.242. The number of ketones is 1. The zero-order valence-electron chi connectivity index (χ0n) is 17.0. The molecular weight excluding hydrogens is 386 g/mol. The highest BCUT2D eigenvalue weighted by Crippen LogP contribution is 2.38. The van der Waals surface area contributed by atoms with Crippen LogP contribution in [-0.4, -0.2) is 48.7 Å². The lowest BCUT2D eigenvalue weighted by Crippen LogP contribution is -3.06. The van der Waals surface area contributed by atoms with Crippen LogP contribution in [-0.2, 0) is 9.59 Å². The van der Waals surface area contributed by atoms with Gasteiger partial charge < -0.3 is 14.9 Å². The lowest BCUT2D eigenvalue weighted by molar-refractivity contribution is -0.857. The summed E-state index contributed by atoms with van der Waals surface area (Å²) < 4.78 is 0. The molecule has 2 aromatic carbocycles. The lowest BCUT2D eigenvalue weighted by atomic mass is 9.95. The average Bonchev–Trinajstić information content (AvgIpc) is 2.97. The van der Waals surface area contributed by atoms with Crippen LogP contribution >= 0.6 is 0 Å². The monoisotopic (exact) mass is 409 g/mol. The van der Waals surface area contributed by atoms with Crippen molar-refractivity contribution < 1.29 is 24.5 Å². The molecule has 1 fully saturated rings. The number of amides is 1. The van der Waals surface area contributed by atoms with Crippen molar-refractivity contribution in [2.24, 2.45) is 0 Å². The molecule has 1 N–H and O–H groups in total. The third-order valence-electron chi connectivity index (χ3n) is 5.12. The number of rotatable bonds is 6. The van der Waals surface area contributed by atoms with E-state index in [1.165, 1.54) is 29.2 Å². The number of nitro groups is 1. The van der Waals surface area contributed by atoms with Crippen LogP contribution in [0.25, 0.3) is 5.76 Å². The van der Waals surface area contributed by atoms with E-state index >= 15 is 0 Å². The van der Waals surface area contributed by atoms with Crippen LogP contribution in [0.4, 0.5) is 5.69 Å². The van der Waals surface area contributed by atoms with Crippen molar-refractivity contribution in [3.05, 3.63) is 80.9 Å². The van der Waals surface area contributed by atoms with Gasteiger partial charge in [0.1, 0.15) is 0 Å². The molecule has 0 saturated carbocycles. The van der Waals surface area contributed by atoms with Crippen LogP contribution in [0.15, 0.2) is 54.1 Å². The molecule has 156 valence electrons. The Labute approximate surface area is 174 Å². The summed E-state index contributed by atoms with van der Waals surface area (Å²) in [5.41, 5.74) is 1.55. The number of nitro benzene ring substituents is 1. The maximum Gasteiger partial charge on any atom is 0.295 e. The van der Waals surface area contributed by atoms with Gasteiger partial charge >= 0.3 is 0 Å². The zero-order valence-corrected chi connectivity index (χ0v) is 17.0. The first kappa shape index (κ1) is 21.2. The summed E-state index contributed by atoms with van der Waals surface area (Å²) in [5, 5.41) is 24.2. The van der Waals surface area contributed by atoms with E-state index in [4.69, 9.17) is 0 Å². The van der Waals surface area contributed by atoms with Crippen LogP contribution < -0.4 is 10.0 Å². The molecule has 1 unspecified atom stereocenters. The van der Waals surface area contributed by atoms with Crippen molar-refractivity contribution >= 4 is 23.1 Å². The summed E-state index contributed by atoms with van der Waals surface area (Å²) in [6.45, 7) is 2.74.